The highest BCUT2D eigenvalue weighted by Gasteiger charge is 2.29. The van der Waals surface area contributed by atoms with Crippen molar-refractivity contribution in [3.05, 3.63) is 27.7 Å². The second kappa shape index (κ2) is 4.66. The lowest BCUT2D eigenvalue weighted by Gasteiger charge is -2.32. The van der Waals surface area contributed by atoms with E-state index >= 15 is 0 Å². The minimum atomic E-state index is -1.15. The average molecular weight is 300 g/mol. The highest BCUT2D eigenvalue weighted by molar-refractivity contribution is 9.10. The summed E-state index contributed by atoms with van der Waals surface area (Å²) < 4.78 is 0.623. The first-order valence-electron chi connectivity index (χ1n) is 5.52. The second-order valence-electron chi connectivity index (χ2n) is 4.41. The fourth-order valence-electron chi connectivity index (χ4n) is 2.09. The van der Waals surface area contributed by atoms with Crippen LogP contribution in [0.4, 0.5) is 0 Å². The van der Waals surface area contributed by atoms with Gasteiger partial charge in [0.2, 0.25) is 0 Å². The maximum absolute atomic E-state index is 11.0. The van der Waals surface area contributed by atoms with Crippen LogP contribution >= 0.6 is 15.9 Å². The molecule has 1 saturated carbocycles. The Morgan fingerprint density at radius 3 is 2.59 bits per heavy atom. The Morgan fingerprint density at radius 1 is 1.47 bits per heavy atom. The molecule has 0 bridgehead atoms. The molecule has 17 heavy (non-hydrogen) atoms. The van der Waals surface area contributed by atoms with E-state index in [9.17, 15) is 9.90 Å². The Balaban J connectivity index is 2.41. The van der Waals surface area contributed by atoms with Crippen LogP contribution in [0.5, 0.6) is 5.75 Å². The third kappa shape index (κ3) is 2.30. The van der Waals surface area contributed by atoms with Gasteiger partial charge in [-0.2, -0.15) is 0 Å². The number of benzene rings is 1. The van der Waals surface area contributed by atoms with E-state index in [1.165, 1.54) is 6.07 Å². The van der Waals surface area contributed by atoms with Crippen molar-refractivity contribution < 1.29 is 15.0 Å². The van der Waals surface area contributed by atoms with Gasteiger partial charge in [-0.15, -0.1) is 0 Å². The smallest absolute Gasteiger partial charge is 0.339 e. The van der Waals surface area contributed by atoms with Gasteiger partial charge in [-0.3, -0.25) is 0 Å². The predicted molar refractivity (Wildman–Crippen MR) is 67.0 cm³/mol. The Hall–Kier alpha value is -1.07. The Bertz CT molecular complexity index is 457. The van der Waals surface area contributed by atoms with Crippen LogP contribution in [0.3, 0.4) is 0 Å². The fraction of sp³-hybridized carbons (Fsp3) is 0.417. The number of carboxylic acids is 1. The molecule has 1 aliphatic rings. The van der Waals surface area contributed by atoms with Gasteiger partial charge in [0.1, 0.15) is 11.3 Å². The van der Waals surface area contributed by atoms with Gasteiger partial charge in [0.15, 0.2) is 0 Å². The van der Waals surface area contributed by atoms with Crippen molar-refractivity contribution in [2.75, 3.05) is 0 Å². The average Bonchev–Trinajstić information content (AvgIpc) is 2.17. The van der Waals surface area contributed by atoms with Gasteiger partial charge in [0, 0.05) is 16.1 Å². The molecule has 5 heteroatoms. The van der Waals surface area contributed by atoms with Crippen LogP contribution in [-0.2, 0) is 0 Å². The molecule has 92 valence electrons. The van der Waals surface area contributed by atoms with E-state index in [0.29, 0.717) is 16.0 Å². The first kappa shape index (κ1) is 12.4. The summed E-state index contributed by atoms with van der Waals surface area (Å²) in [5.74, 6) is -1.01. The zero-order chi connectivity index (χ0) is 12.6. The predicted octanol–water partition coefficient (Wildman–Crippen LogP) is 2.65. The molecule has 0 aromatic heterocycles. The minimum absolute atomic E-state index is 0.107. The lowest BCUT2D eigenvalue weighted by atomic mass is 9.77. The molecule has 1 fully saturated rings. The topological polar surface area (TPSA) is 83.6 Å². The molecule has 0 aliphatic heterocycles. The summed E-state index contributed by atoms with van der Waals surface area (Å²) in [4.78, 5) is 11.0. The maximum atomic E-state index is 11.0. The molecule has 0 unspecified atom stereocenters. The molecule has 0 spiro atoms. The SMILES string of the molecule is N[C@H](c1cc(Br)cc(C(=O)O)c1O)C1CCC1. The Kier molecular flexibility index (Phi) is 3.40. The number of aromatic hydroxyl groups is 1. The maximum Gasteiger partial charge on any atom is 0.339 e. The molecule has 1 atom stereocenters. The molecule has 0 amide bonds. The number of phenols is 1. The summed E-state index contributed by atoms with van der Waals surface area (Å²) in [6, 6.07) is 2.79. The summed E-state index contributed by atoms with van der Waals surface area (Å²) in [7, 11) is 0. The molecule has 2 rings (SSSR count). The van der Waals surface area contributed by atoms with Crippen molar-refractivity contribution in [3.63, 3.8) is 0 Å². The monoisotopic (exact) mass is 299 g/mol. The van der Waals surface area contributed by atoms with Crippen LogP contribution < -0.4 is 5.73 Å². The van der Waals surface area contributed by atoms with Gasteiger partial charge in [-0.05, 0) is 30.9 Å². The van der Waals surface area contributed by atoms with Crippen molar-refractivity contribution in [2.24, 2.45) is 11.7 Å². The van der Waals surface area contributed by atoms with E-state index in [-0.39, 0.29) is 17.4 Å². The van der Waals surface area contributed by atoms with E-state index < -0.39 is 5.97 Å². The summed E-state index contributed by atoms with van der Waals surface area (Å²) in [6.07, 6.45) is 3.23. The van der Waals surface area contributed by atoms with E-state index in [0.717, 1.165) is 19.3 Å². The molecular weight excluding hydrogens is 286 g/mol. The van der Waals surface area contributed by atoms with Gasteiger partial charge in [-0.25, -0.2) is 4.79 Å². The van der Waals surface area contributed by atoms with Crippen molar-refractivity contribution >= 4 is 21.9 Å². The number of carbonyl (C=O) groups is 1. The summed E-state index contributed by atoms with van der Waals surface area (Å²) >= 11 is 3.24. The van der Waals surface area contributed by atoms with E-state index in [4.69, 9.17) is 10.8 Å². The summed E-state index contributed by atoms with van der Waals surface area (Å²) in [5.41, 5.74) is 6.47. The van der Waals surface area contributed by atoms with Gasteiger partial charge in [-0.1, -0.05) is 22.4 Å². The molecule has 0 heterocycles. The summed E-state index contributed by atoms with van der Waals surface area (Å²) in [6.45, 7) is 0. The van der Waals surface area contributed by atoms with Gasteiger partial charge >= 0.3 is 5.97 Å². The Labute approximate surface area is 108 Å². The van der Waals surface area contributed by atoms with Crippen LogP contribution in [0.1, 0.15) is 41.2 Å². The number of nitrogens with two attached hydrogens (primary N) is 1. The molecule has 1 aliphatic carbocycles. The van der Waals surface area contributed by atoms with Gasteiger partial charge in [0.25, 0.3) is 0 Å². The van der Waals surface area contributed by atoms with Crippen LogP contribution in [0.2, 0.25) is 0 Å². The van der Waals surface area contributed by atoms with Gasteiger partial charge < -0.3 is 15.9 Å². The van der Waals surface area contributed by atoms with E-state index in [1.54, 1.807) is 6.07 Å². The van der Waals surface area contributed by atoms with Crippen molar-refractivity contribution in [1.29, 1.82) is 0 Å². The lowest BCUT2D eigenvalue weighted by molar-refractivity contribution is 0.0693. The molecule has 4 nitrogen and oxygen atoms in total. The number of hydrogen-bond acceptors (Lipinski definition) is 3. The lowest BCUT2D eigenvalue weighted by Crippen LogP contribution is -2.27. The second-order valence-corrected chi connectivity index (χ2v) is 5.33. The highest BCUT2D eigenvalue weighted by Crippen LogP contribution is 2.41. The Morgan fingerprint density at radius 2 is 2.12 bits per heavy atom. The quantitative estimate of drug-likeness (QED) is 0.801. The van der Waals surface area contributed by atoms with Crippen LogP contribution in [0.25, 0.3) is 0 Å². The summed E-state index contributed by atoms with van der Waals surface area (Å²) in [5, 5.41) is 18.9. The van der Waals surface area contributed by atoms with Crippen molar-refractivity contribution in [3.8, 4) is 5.75 Å². The number of hydrogen-bond donors (Lipinski definition) is 3. The molecule has 0 saturated heterocycles. The normalized spacial score (nSPS) is 17.5. The number of aromatic carboxylic acids is 1. The molecule has 4 N–H and O–H groups in total. The highest BCUT2D eigenvalue weighted by atomic mass is 79.9. The standard InChI is InChI=1S/C12H14BrNO3/c13-7-4-8(10(14)6-2-1-3-6)11(15)9(5-7)12(16)17/h4-6,10,15H,1-3,14H2,(H,16,17)/t10-/m0/s1. The van der Waals surface area contributed by atoms with Crippen LogP contribution in [-0.4, -0.2) is 16.2 Å². The largest absolute Gasteiger partial charge is 0.507 e. The van der Waals surface area contributed by atoms with Crippen LogP contribution in [0.15, 0.2) is 16.6 Å². The van der Waals surface area contributed by atoms with Crippen molar-refractivity contribution in [2.45, 2.75) is 25.3 Å². The third-order valence-corrected chi connectivity index (χ3v) is 3.81. The number of halogens is 1. The van der Waals surface area contributed by atoms with E-state index in [2.05, 4.69) is 15.9 Å². The van der Waals surface area contributed by atoms with E-state index in [1.807, 2.05) is 0 Å². The van der Waals surface area contributed by atoms with Crippen molar-refractivity contribution in [1.82, 2.24) is 0 Å². The zero-order valence-electron chi connectivity index (χ0n) is 9.19. The number of rotatable bonds is 3. The third-order valence-electron chi connectivity index (χ3n) is 3.35. The van der Waals surface area contributed by atoms with Gasteiger partial charge in [0.05, 0.1) is 0 Å². The molecule has 1 aromatic carbocycles. The molecule has 0 radical (unpaired) electrons. The molecule has 1 aromatic rings. The molecular formula is C12H14BrNO3. The number of carboxylic acid groups (broad SMARTS) is 1. The fourth-order valence-corrected chi connectivity index (χ4v) is 2.57. The first-order chi connectivity index (χ1) is 8.00. The minimum Gasteiger partial charge on any atom is -0.507 e. The zero-order valence-corrected chi connectivity index (χ0v) is 10.8. The first-order valence-corrected chi connectivity index (χ1v) is 6.31. The van der Waals surface area contributed by atoms with Crippen LogP contribution in [0, 0.1) is 5.92 Å².